The minimum absolute atomic E-state index is 0.709. The van der Waals surface area contributed by atoms with Gasteiger partial charge >= 0.3 is 0 Å². The van der Waals surface area contributed by atoms with E-state index in [9.17, 15) is 0 Å². The predicted octanol–water partition coefficient (Wildman–Crippen LogP) is 3.03. The first-order valence-corrected chi connectivity index (χ1v) is 6.51. The van der Waals surface area contributed by atoms with Gasteiger partial charge in [0.25, 0.3) is 0 Å². The van der Waals surface area contributed by atoms with Gasteiger partial charge in [-0.15, -0.1) is 0 Å². The van der Waals surface area contributed by atoms with Crippen LogP contribution in [-0.4, -0.2) is 6.04 Å². The summed E-state index contributed by atoms with van der Waals surface area (Å²) in [5.74, 6) is 0. The van der Waals surface area contributed by atoms with Gasteiger partial charge in [0.2, 0.25) is 0 Å². The second kappa shape index (κ2) is 4.46. The molecular weight excluding hydrogens is 196 g/mol. The number of rotatable bonds is 2. The third kappa shape index (κ3) is 1.94. The average Bonchev–Trinajstić information content (AvgIpc) is 2.80. The molecule has 0 unspecified atom stereocenters. The summed E-state index contributed by atoms with van der Waals surface area (Å²) in [6.45, 7) is 2.07. The third-order valence-corrected chi connectivity index (χ3v) is 3.86. The lowest BCUT2D eigenvalue weighted by atomic mass is 9.95. The Kier molecular flexibility index (Phi) is 2.83. The topological polar surface area (TPSA) is 24.1 Å². The van der Waals surface area contributed by atoms with Gasteiger partial charge in [-0.2, -0.15) is 0 Å². The highest BCUT2D eigenvalue weighted by molar-refractivity contribution is 5.56. The molecule has 2 N–H and O–H groups in total. The summed E-state index contributed by atoms with van der Waals surface area (Å²) in [5, 5.41) is 7.17. The van der Waals surface area contributed by atoms with Crippen molar-refractivity contribution in [2.75, 3.05) is 5.32 Å². The van der Waals surface area contributed by atoms with Crippen molar-refractivity contribution in [2.24, 2.45) is 0 Å². The Morgan fingerprint density at radius 1 is 1.06 bits per heavy atom. The molecular formula is C14H20N2. The number of benzene rings is 1. The van der Waals surface area contributed by atoms with Crippen LogP contribution in [0.5, 0.6) is 0 Å². The van der Waals surface area contributed by atoms with Crippen LogP contribution in [0.3, 0.4) is 0 Å². The van der Waals surface area contributed by atoms with Crippen LogP contribution in [0, 0.1) is 0 Å². The Morgan fingerprint density at radius 3 is 2.81 bits per heavy atom. The molecule has 0 radical (unpaired) electrons. The zero-order valence-electron chi connectivity index (χ0n) is 9.76. The fraction of sp³-hybridized carbons (Fsp3) is 0.571. The molecule has 0 amide bonds. The monoisotopic (exact) mass is 216 g/mol. The first kappa shape index (κ1) is 10.2. The Morgan fingerprint density at radius 2 is 1.94 bits per heavy atom. The highest BCUT2D eigenvalue weighted by Gasteiger charge is 2.17. The highest BCUT2D eigenvalue weighted by atomic mass is 14.9. The van der Waals surface area contributed by atoms with Gasteiger partial charge in [0.05, 0.1) is 0 Å². The maximum absolute atomic E-state index is 3.74. The quantitative estimate of drug-likeness (QED) is 0.794. The third-order valence-electron chi connectivity index (χ3n) is 3.86. The number of hydrogen-bond donors (Lipinski definition) is 2. The largest absolute Gasteiger partial charge is 0.382 e. The molecule has 2 heteroatoms. The van der Waals surface area contributed by atoms with Crippen molar-refractivity contribution in [3.05, 3.63) is 29.3 Å². The van der Waals surface area contributed by atoms with Crippen LogP contribution in [0.15, 0.2) is 18.2 Å². The Bertz CT molecular complexity index is 367. The summed E-state index contributed by atoms with van der Waals surface area (Å²) >= 11 is 0. The van der Waals surface area contributed by atoms with E-state index in [1.165, 1.54) is 48.9 Å². The second-order valence-corrected chi connectivity index (χ2v) is 5.03. The normalized spacial score (nSPS) is 20.8. The smallest absolute Gasteiger partial charge is 0.0391 e. The van der Waals surface area contributed by atoms with Crippen LogP contribution >= 0.6 is 0 Å². The zero-order chi connectivity index (χ0) is 10.8. The number of nitrogens with one attached hydrogen (secondary N) is 2. The lowest BCUT2D eigenvalue weighted by Crippen LogP contribution is -2.22. The molecule has 1 aliphatic carbocycles. The van der Waals surface area contributed by atoms with Gasteiger partial charge in [0.1, 0.15) is 0 Å². The van der Waals surface area contributed by atoms with Gasteiger partial charge < -0.3 is 10.6 Å². The zero-order valence-corrected chi connectivity index (χ0v) is 9.76. The van der Waals surface area contributed by atoms with Crippen molar-refractivity contribution in [3.63, 3.8) is 0 Å². The second-order valence-electron chi connectivity index (χ2n) is 5.03. The number of anilines is 1. The van der Waals surface area contributed by atoms with E-state index >= 15 is 0 Å². The molecule has 16 heavy (non-hydrogen) atoms. The summed E-state index contributed by atoms with van der Waals surface area (Å²) in [6, 6.07) is 7.36. The number of fused-ring (bicyclic) bond motifs is 1. The number of hydrogen-bond acceptors (Lipinski definition) is 2. The van der Waals surface area contributed by atoms with Crippen molar-refractivity contribution in [3.8, 4) is 0 Å². The lowest BCUT2D eigenvalue weighted by molar-refractivity contribution is 0.462. The van der Waals surface area contributed by atoms with Gasteiger partial charge in [-0.25, -0.2) is 0 Å². The van der Waals surface area contributed by atoms with Crippen LogP contribution in [0.2, 0.25) is 0 Å². The molecule has 1 fully saturated rings. The summed E-state index contributed by atoms with van der Waals surface area (Å²) in [4.78, 5) is 0. The molecule has 2 nitrogen and oxygen atoms in total. The predicted molar refractivity (Wildman–Crippen MR) is 67.5 cm³/mol. The minimum Gasteiger partial charge on any atom is -0.382 e. The van der Waals surface area contributed by atoms with Crippen LogP contribution < -0.4 is 10.6 Å². The summed E-state index contributed by atoms with van der Waals surface area (Å²) in [7, 11) is 0. The molecule has 3 rings (SSSR count). The molecule has 2 aliphatic rings. The SMILES string of the molecule is c1cc2c(c(NC3CCCCC3)c1)CNC2. The minimum atomic E-state index is 0.709. The molecule has 0 aromatic heterocycles. The van der Waals surface area contributed by atoms with E-state index in [1.54, 1.807) is 0 Å². The fourth-order valence-corrected chi connectivity index (χ4v) is 2.93. The van der Waals surface area contributed by atoms with E-state index in [4.69, 9.17) is 0 Å². The molecule has 0 atom stereocenters. The first-order chi connectivity index (χ1) is 7.93. The maximum atomic E-state index is 3.74. The van der Waals surface area contributed by atoms with Gasteiger partial charge in [0, 0.05) is 24.8 Å². The van der Waals surface area contributed by atoms with Crippen molar-refractivity contribution < 1.29 is 0 Å². The van der Waals surface area contributed by atoms with Gasteiger partial charge in [-0.1, -0.05) is 31.4 Å². The Labute approximate surface area is 97.4 Å². The van der Waals surface area contributed by atoms with Crippen molar-refractivity contribution in [1.82, 2.24) is 5.32 Å². The summed E-state index contributed by atoms with van der Waals surface area (Å²) in [6.07, 6.45) is 6.90. The Hall–Kier alpha value is -1.02. The van der Waals surface area contributed by atoms with E-state index in [1.807, 2.05) is 0 Å². The van der Waals surface area contributed by atoms with Gasteiger partial charge in [0.15, 0.2) is 0 Å². The van der Waals surface area contributed by atoms with Crippen LogP contribution in [0.4, 0.5) is 5.69 Å². The van der Waals surface area contributed by atoms with Crippen LogP contribution in [0.1, 0.15) is 43.2 Å². The van der Waals surface area contributed by atoms with Crippen molar-refractivity contribution in [2.45, 2.75) is 51.2 Å². The standard InChI is InChI=1S/C14H20N2/c1-2-6-12(7-3-1)16-14-8-4-5-11-9-15-10-13(11)14/h4-5,8,12,15-16H,1-3,6-7,9-10H2. The van der Waals surface area contributed by atoms with E-state index in [0.717, 1.165) is 13.1 Å². The van der Waals surface area contributed by atoms with E-state index in [2.05, 4.69) is 28.8 Å². The van der Waals surface area contributed by atoms with E-state index in [-0.39, 0.29) is 0 Å². The van der Waals surface area contributed by atoms with Crippen molar-refractivity contribution in [1.29, 1.82) is 0 Å². The van der Waals surface area contributed by atoms with Gasteiger partial charge in [-0.05, 0) is 30.0 Å². The maximum Gasteiger partial charge on any atom is 0.0391 e. The summed E-state index contributed by atoms with van der Waals surface area (Å²) < 4.78 is 0. The molecule has 0 saturated heterocycles. The van der Waals surface area contributed by atoms with Gasteiger partial charge in [-0.3, -0.25) is 0 Å². The summed E-state index contributed by atoms with van der Waals surface area (Å²) in [5.41, 5.74) is 4.34. The van der Waals surface area contributed by atoms with Crippen LogP contribution in [-0.2, 0) is 13.1 Å². The molecule has 0 spiro atoms. The lowest BCUT2D eigenvalue weighted by Gasteiger charge is -2.25. The van der Waals surface area contributed by atoms with Crippen molar-refractivity contribution >= 4 is 5.69 Å². The molecule has 0 bridgehead atoms. The molecule has 1 heterocycles. The van der Waals surface area contributed by atoms with Crippen LogP contribution in [0.25, 0.3) is 0 Å². The molecule has 86 valence electrons. The average molecular weight is 216 g/mol. The molecule has 1 saturated carbocycles. The molecule has 1 aromatic carbocycles. The van der Waals surface area contributed by atoms with E-state index < -0.39 is 0 Å². The highest BCUT2D eigenvalue weighted by Crippen LogP contribution is 2.27. The first-order valence-electron chi connectivity index (χ1n) is 6.51. The van der Waals surface area contributed by atoms with E-state index in [0.29, 0.717) is 6.04 Å². The molecule has 1 aromatic rings. The molecule has 1 aliphatic heterocycles. The Balaban J connectivity index is 1.76. The fourth-order valence-electron chi connectivity index (χ4n) is 2.93.